The predicted molar refractivity (Wildman–Crippen MR) is 108 cm³/mol. The van der Waals surface area contributed by atoms with E-state index < -0.39 is 0 Å². The van der Waals surface area contributed by atoms with Crippen molar-refractivity contribution in [3.8, 4) is 33.9 Å². The average Bonchev–Trinajstić information content (AvgIpc) is 3.14. The van der Waals surface area contributed by atoms with Crippen molar-refractivity contribution in [2.24, 2.45) is 5.73 Å². The van der Waals surface area contributed by atoms with Gasteiger partial charge >= 0.3 is 0 Å². The standard InChI is InChI=1S/C21H16BrFN4/c22-17-3-1-2-15(12-24)18(17)21-26-19(13-4-6-16(23)7-5-13)20(27-21)14-8-10-25-11-9-14/h1-11H,12,24H2,(H,26,27). The van der Waals surface area contributed by atoms with Crippen LogP contribution in [-0.4, -0.2) is 15.0 Å². The van der Waals surface area contributed by atoms with Crippen LogP contribution in [0.3, 0.4) is 0 Å². The van der Waals surface area contributed by atoms with Gasteiger partial charge in [0, 0.05) is 40.1 Å². The second-order valence-electron chi connectivity index (χ2n) is 6.03. The number of nitrogens with one attached hydrogen (secondary N) is 1. The van der Waals surface area contributed by atoms with Crippen molar-refractivity contribution in [2.45, 2.75) is 6.54 Å². The van der Waals surface area contributed by atoms with Gasteiger partial charge in [-0.1, -0.05) is 28.1 Å². The van der Waals surface area contributed by atoms with Gasteiger partial charge in [-0.3, -0.25) is 4.98 Å². The molecule has 2 aromatic carbocycles. The zero-order valence-electron chi connectivity index (χ0n) is 14.3. The molecular weight excluding hydrogens is 407 g/mol. The van der Waals surface area contributed by atoms with E-state index in [-0.39, 0.29) is 5.82 Å². The second kappa shape index (κ2) is 7.42. The highest BCUT2D eigenvalue weighted by atomic mass is 79.9. The van der Waals surface area contributed by atoms with Crippen LogP contribution >= 0.6 is 15.9 Å². The summed E-state index contributed by atoms with van der Waals surface area (Å²) in [5, 5.41) is 0. The van der Waals surface area contributed by atoms with E-state index in [0.29, 0.717) is 12.4 Å². The van der Waals surface area contributed by atoms with Gasteiger partial charge in [0.1, 0.15) is 11.6 Å². The van der Waals surface area contributed by atoms with Crippen LogP contribution in [0.2, 0.25) is 0 Å². The van der Waals surface area contributed by atoms with Gasteiger partial charge in [-0.25, -0.2) is 9.37 Å². The third-order valence-electron chi connectivity index (χ3n) is 4.35. The monoisotopic (exact) mass is 422 g/mol. The number of benzene rings is 2. The lowest BCUT2D eigenvalue weighted by Crippen LogP contribution is -2.00. The van der Waals surface area contributed by atoms with E-state index in [1.54, 1.807) is 24.5 Å². The number of hydrogen-bond donors (Lipinski definition) is 2. The fourth-order valence-corrected chi connectivity index (χ4v) is 3.63. The summed E-state index contributed by atoms with van der Waals surface area (Å²) in [5.41, 5.74) is 11.2. The Morgan fingerprint density at radius 3 is 2.41 bits per heavy atom. The lowest BCUT2D eigenvalue weighted by Gasteiger charge is -2.07. The number of nitrogens with two attached hydrogens (primary N) is 1. The molecule has 0 aliphatic rings. The number of aromatic amines is 1. The summed E-state index contributed by atoms with van der Waals surface area (Å²) in [6.45, 7) is 0.395. The minimum atomic E-state index is -0.281. The molecule has 4 nitrogen and oxygen atoms in total. The number of pyridine rings is 1. The Bertz CT molecular complexity index is 1080. The van der Waals surface area contributed by atoms with Crippen molar-refractivity contribution in [2.75, 3.05) is 0 Å². The van der Waals surface area contributed by atoms with E-state index in [4.69, 9.17) is 10.7 Å². The molecule has 4 rings (SSSR count). The lowest BCUT2D eigenvalue weighted by atomic mass is 10.1. The smallest absolute Gasteiger partial charge is 0.140 e. The third-order valence-corrected chi connectivity index (χ3v) is 5.01. The van der Waals surface area contributed by atoms with Gasteiger partial charge in [0.2, 0.25) is 0 Å². The minimum Gasteiger partial charge on any atom is -0.337 e. The molecule has 2 heterocycles. The van der Waals surface area contributed by atoms with E-state index in [2.05, 4.69) is 25.9 Å². The fraction of sp³-hybridized carbons (Fsp3) is 0.0476. The molecule has 0 saturated carbocycles. The molecule has 6 heteroatoms. The molecule has 3 N–H and O–H groups in total. The molecule has 0 atom stereocenters. The molecule has 0 spiro atoms. The van der Waals surface area contributed by atoms with E-state index in [0.717, 1.165) is 38.1 Å². The quantitative estimate of drug-likeness (QED) is 0.476. The molecular formula is C21H16BrFN4. The molecule has 0 aliphatic heterocycles. The topological polar surface area (TPSA) is 67.6 Å². The van der Waals surface area contributed by atoms with Crippen LogP contribution in [0, 0.1) is 5.82 Å². The summed E-state index contributed by atoms with van der Waals surface area (Å²) in [5.74, 6) is 0.422. The third kappa shape index (κ3) is 3.41. The summed E-state index contributed by atoms with van der Waals surface area (Å²) < 4.78 is 14.3. The number of rotatable bonds is 4. The average molecular weight is 423 g/mol. The molecule has 0 saturated heterocycles. The molecule has 0 aliphatic carbocycles. The first-order chi connectivity index (χ1) is 13.2. The summed E-state index contributed by atoms with van der Waals surface area (Å²) in [4.78, 5) is 12.4. The van der Waals surface area contributed by atoms with Crippen molar-refractivity contribution < 1.29 is 4.39 Å². The minimum absolute atomic E-state index is 0.281. The molecule has 2 aromatic heterocycles. The molecule has 4 aromatic rings. The highest BCUT2D eigenvalue weighted by molar-refractivity contribution is 9.10. The van der Waals surface area contributed by atoms with Gasteiger partial charge in [-0.2, -0.15) is 0 Å². The second-order valence-corrected chi connectivity index (χ2v) is 6.88. The van der Waals surface area contributed by atoms with Crippen molar-refractivity contribution in [1.82, 2.24) is 15.0 Å². The maximum Gasteiger partial charge on any atom is 0.140 e. The van der Waals surface area contributed by atoms with Crippen molar-refractivity contribution in [1.29, 1.82) is 0 Å². The number of hydrogen-bond acceptors (Lipinski definition) is 3. The van der Waals surface area contributed by atoms with Gasteiger partial charge < -0.3 is 10.7 Å². The zero-order valence-corrected chi connectivity index (χ0v) is 15.9. The van der Waals surface area contributed by atoms with Crippen molar-refractivity contribution >= 4 is 15.9 Å². The van der Waals surface area contributed by atoms with Gasteiger partial charge in [-0.05, 0) is 48.0 Å². The van der Waals surface area contributed by atoms with Crippen LogP contribution in [0.25, 0.3) is 33.9 Å². The number of H-pyrrole nitrogens is 1. The Balaban J connectivity index is 1.95. The molecule has 0 bridgehead atoms. The first-order valence-corrected chi connectivity index (χ1v) is 9.21. The normalized spacial score (nSPS) is 10.9. The first kappa shape index (κ1) is 17.6. The fourth-order valence-electron chi connectivity index (χ4n) is 3.04. The maximum absolute atomic E-state index is 13.4. The van der Waals surface area contributed by atoms with E-state index in [9.17, 15) is 4.39 Å². The van der Waals surface area contributed by atoms with E-state index >= 15 is 0 Å². The summed E-state index contributed by atoms with van der Waals surface area (Å²) >= 11 is 3.61. The van der Waals surface area contributed by atoms with Gasteiger partial charge in [-0.15, -0.1) is 0 Å². The van der Waals surface area contributed by atoms with Crippen LogP contribution < -0.4 is 5.73 Å². The highest BCUT2D eigenvalue weighted by Crippen LogP contribution is 2.36. The van der Waals surface area contributed by atoms with Crippen LogP contribution in [0.15, 0.2) is 71.5 Å². The number of imidazole rings is 1. The summed E-state index contributed by atoms with van der Waals surface area (Å²) in [6, 6.07) is 16.0. The van der Waals surface area contributed by atoms with Gasteiger partial charge in [0.05, 0.1) is 11.4 Å². The Kier molecular flexibility index (Phi) is 4.83. The Hall–Kier alpha value is -2.83. The van der Waals surface area contributed by atoms with Gasteiger partial charge in [0.15, 0.2) is 0 Å². The number of aromatic nitrogens is 3. The molecule has 134 valence electrons. The van der Waals surface area contributed by atoms with E-state index in [1.807, 2.05) is 30.3 Å². The lowest BCUT2D eigenvalue weighted by molar-refractivity contribution is 0.628. The van der Waals surface area contributed by atoms with Gasteiger partial charge in [0.25, 0.3) is 0 Å². The summed E-state index contributed by atoms with van der Waals surface area (Å²) in [7, 11) is 0. The number of nitrogens with zero attached hydrogens (tertiary/aromatic N) is 2. The van der Waals surface area contributed by atoms with Crippen LogP contribution in [0.4, 0.5) is 4.39 Å². The first-order valence-electron chi connectivity index (χ1n) is 8.41. The molecule has 0 fully saturated rings. The zero-order chi connectivity index (χ0) is 18.8. The largest absolute Gasteiger partial charge is 0.337 e. The Labute approximate surface area is 164 Å². The maximum atomic E-state index is 13.4. The van der Waals surface area contributed by atoms with Crippen LogP contribution in [-0.2, 0) is 6.54 Å². The predicted octanol–water partition coefficient (Wildman–Crippen LogP) is 5.17. The van der Waals surface area contributed by atoms with Crippen LogP contribution in [0.1, 0.15) is 5.56 Å². The van der Waals surface area contributed by atoms with Crippen LogP contribution in [0.5, 0.6) is 0 Å². The highest BCUT2D eigenvalue weighted by Gasteiger charge is 2.18. The van der Waals surface area contributed by atoms with Crippen molar-refractivity contribution in [3.63, 3.8) is 0 Å². The number of halogens is 2. The molecule has 0 radical (unpaired) electrons. The van der Waals surface area contributed by atoms with Crippen molar-refractivity contribution in [3.05, 3.63) is 82.8 Å². The molecule has 27 heavy (non-hydrogen) atoms. The van der Waals surface area contributed by atoms with E-state index in [1.165, 1.54) is 12.1 Å². The summed E-state index contributed by atoms with van der Waals surface area (Å²) in [6.07, 6.45) is 3.46. The molecule has 0 unspecified atom stereocenters. The Morgan fingerprint density at radius 1 is 0.963 bits per heavy atom. The Morgan fingerprint density at radius 2 is 1.70 bits per heavy atom. The molecule has 0 amide bonds. The SMILES string of the molecule is NCc1cccc(Br)c1-c1nc(-c2ccc(F)cc2)c(-c2ccncc2)[nH]1.